The number of fused-ring (bicyclic) bond motifs is 1. The molecule has 1 amide bonds. The van der Waals surface area contributed by atoms with Gasteiger partial charge in [-0.15, -0.1) is 0 Å². The van der Waals surface area contributed by atoms with Gasteiger partial charge in [-0.2, -0.15) is 9.40 Å². The van der Waals surface area contributed by atoms with Crippen LogP contribution in [0.1, 0.15) is 17.7 Å². The number of hydrogen-bond donors (Lipinski definition) is 1. The molecule has 1 aromatic heterocycles. The summed E-state index contributed by atoms with van der Waals surface area (Å²) in [5.41, 5.74) is 1.54. The summed E-state index contributed by atoms with van der Waals surface area (Å²) in [7, 11) is -0.411. The molecular weight excluding hydrogens is 308 g/mol. The highest BCUT2D eigenvalue weighted by Gasteiger charge is 2.23. The summed E-state index contributed by atoms with van der Waals surface area (Å²) >= 11 is 0. The fraction of sp³-hybridized carbons (Fsp3) is 0.615. The molecule has 0 fully saturated rings. The lowest BCUT2D eigenvalue weighted by Gasteiger charge is -2.25. The Hall–Kier alpha value is -1.74. The van der Waals surface area contributed by atoms with Gasteiger partial charge in [0.25, 0.3) is 5.56 Å². The first kappa shape index (κ1) is 16.6. The fourth-order valence-electron chi connectivity index (χ4n) is 2.40. The third kappa shape index (κ3) is 3.92. The van der Waals surface area contributed by atoms with E-state index in [2.05, 4.69) is 10.4 Å². The first-order valence-corrected chi connectivity index (χ1v) is 8.78. The molecule has 22 heavy (non-hydrogen) atoms. The van der Waals surface area contributed by atoms with Crippen molar-refractivity contribution < 1.29 is 13.2 Å². The Balaban J connectivity index is 2.00. The third-order valence-electron chi connectivity index (χ3n) is 3.75. The minimum Gasteiger partial charge on any atom is -0.352 e. The largest absolute Gasteiger partial charge is 0.352 e. The van der Waals surface area contributed by atoms with Gasteiger partial charge in [-0.1, -0.05) is 0 Å². The molecule has 1 aromatic rings. The average molecular weight is 328 g/mol. The van der Waals surface area contributed by atoms with Crippen molar-refractivity contribution in [2.75, 3.05) is 19.8 Å². The smallest absolute Gasteiger partial charge is 0.266 e. The summed E-state index contributed by atoms with van der Waals surface area (Å²) in [6.45, 7) is -0.211. The summed E-state index contributed by atoms with van der Waals surface area (Å²) in [5, 5.41) is 7.03. The Morgan fingerprint density at radius 2 is 2.23 bits per heavy atom. The van der Waals surface area contributed by atoms with Crippen molar-refractivity contribution in [2.45, 2.75) is 25.3 Å². The Morgan fingerprint density at radius 3 is 2.86 bits per heavy atom. The number of nitrogens with zero attached hydrogens (tertiary/aromatic N) is 3. The molecule has 0 saturated carbocycles. The maximum Gasteiger partial charge on any atom is 0.266 e. The van der Waals surface area contributed by atoms with E-state index >= 15 is 0 Å². The van der Waals surface area contributed by atoms with Gasteiger partial charge in [-0.25, -0.2) is 13.1 Å². The van der Waals surface area contributed by atoms with Gasteiger partial charge in [0, 0.05) is 26.2 Å². The van der Waals surface area contributed by atoms with Crippen molar-refractivity contribution in [3.63, 3.8) is 0 Å². The van der Waals surface area contributed by atoms with Crippen LogP contribution in [0.15, 0.2) is 10.9 Å². The zero-order valence-corrected chi connectivity index (χ0v) is 13.7. The number of likely N-dealkylation sites (N-methyl/N-ethyl adjacent to an activating group) is 1. The van der Waals surface area contributed by atoms with Gasteiger partial charge in [-0.3, -0.25) is 9.59 Å². The van der Waals surface area contributed by atoms with Crippen molar-refractivity contribution in [1.29, 1.82) is 0 Å². The van der Waals surface area contributed by atoms with Crippen LogP contribution in [0.5, 0.6) is 0 Å². The number of carbonyl (C=O) groups is 1. The zero-order valence-electron chi connectivity index (χ0n) is 12.9. The SMILES string of the molecule is CN(CC(=O)NC1CCc2nn(C)c(=O)cc2C1)S(C)(=O)=O. The van der Waals surface area contributed by atoms with E-state index in [1.807, 2.05) is 0 Å². The summed E-state index contributed by atoms with van der Waals surface area (Å²) in [5.74, 6) is -0.349. The van der Waals surface area contributed by atoms with Gasteiger partial charge < -0.3 is 5.32 Å². The Kier molecular flexibility index (Phi) is 4.66. The van der Waals surface area contributed by atoms with Crippen LogP contribution < -0.4 is 10.9 Å². The maximum atomic E-state index is 11.9. The highest BCUT2D eigenvalue weighted by Crippen LogP contribution is 2.17. The molecule has 1 atom stereocenters. The molecule has 1 heterocycles. The molecule has 2 rings (SSSR count). The van der Waals surface area contributed by atoms with Crippen molar-refractivity contribution in [3.8, 4) is 0 Å². The van der Waals surface area contributed by atoms with Gasteiger partial charge in [0.1, 0.15) is 0 Å². The molecule has 122 valence electrons. The van der Waals surface area contributed by atoms with Crippen molar-refractivity contribution >= 4 is 15.9 Å². The van der Waals surface area contributed by atoms with Crippen molar-refractivity contribution in [2.24, 2.45) is 7.05 Å². The Bertz CT molecular complexity index is 741. The van der Waals surface area contributed by atoms with Gasteiger partial charge in [-0.05, 0) is 24.8 Å². The molecule has 0 aromatic carbocycles. The number of hydrogen-bond acceptors (Lipinski definition) is 5. The van der Waals surface area contributed by atoms with Crippen LogP contribution in [0, 0.1) is 0 Å². The van der Waals surface area contributed by atoms with E-state index in [9.17, 15) is 18.0 Å². The number of nitrogens with one attached hydrogen (secondary N) is 1. The second-order valence-electron chi connectivity index (χ2n) is 5.60. The molecule has 1 aliphatic carbocycles. The Labute approximate surface area is 129 Å². The maximum absolute atomic E-state index is 11.9. The molecule has 9 heteroatoms. The molecule has 0 aliphatic heterocycles. The number of carbonyl (C=O) groups excluding carboxylic acids is 1. The highest BCUT2D eigenvalue weighted by molar-refractivity contribution is 7.88. The lowest BCUT2D eigenvalue weighted by molar-refractivity contribution is -0.121. The lowest BCUT2D eigenvalue weighted by Crippen LogP contribution is -2.45. The first-order valence-electron chi connectivity index (χ1n) is 6.93. The quantitative estimate of drug-likeness (QED) is 0.736. The van der Waals surface area contributed by atoms with Crippen molar-refractivity contribution in [3.05, 3.63) is 27.7 Å². The molecule has 0 bridgehead atoms. The van der Waals surface area contributed by atoms with E-state index in [-0.39, 0.29) is 24.1 Å². The van der Waals surface area contributed by atoms with Crippen LogP contribution in [0.3, 0.4) is 0 Å². The molecule has 0 saturated heterocycles. The van der Waals surface area contributed by atoms with E-state index in [0.29, 0.717) is 19.3 Å². The van der Waals surface area contributed by atoms with Crippen LogP contribution in [0.2, 0.25) is 0 Å². The fourth-order valence-corrected chi connectivity index (χ4v) is 2.75. The summed E-state index contributed by atoms with van der Waals surface area (Å²) < 4.78 is 24.9. The Morgan fingerprint density at radius 1 is 1.55 bits per heavy atom. The van der Waals surface area contributed by atoms with Crippen LogP contribution in [-0.4, -0.2) is 54.3 Å². The van der Waals surface area contributed by atoms with Crippen LogP contribution >= 0.6 is 0 Å². The predicted molar refractivity (Wildman–Crippen MR) is 80.9 cm³/mol. The number of aromatic nitrogens is 2. The standard InChI is InChI=1S/C13H20N4O4S/c1-16(22(3,20)21)8-12(18)14-10-4-5-11-9(6-10)7-13(19)17(2)15-11/h7,10H,4-6,8H2,1-3H3,(H,14,18). The molecule has 8 nitrogen and oxygen atoms in total. The molecule has 1 N–H and O–H groups in total. The number of rotatable bonds is 4. The average Bonchev–Trinajstić information content (AvgIpc) is 2.39. The van der Waals surface area contributed by atoms with Gasteiger partial charge in [0.15, 0.2) is 0 Å². The van der Waals surface area contributed by atoms with Gasteiger partial charge in [0.05, 0.1) is 18.5 Å². The van der Waals surface area contributed by atoms with E-state index < -0.39 is 10.0 Å². The van der Waals surface area contributed by atoms with E-state index in [1.165, 1.54) is 11.7 Å². The zero-order chi connectivity index (χ0) is 16.5. The number of amides is 1. The second kappa shape index (κ2) is 6.17. The van der Waals surface area contributed by atoms with Gasteiger partial charge >= 0.3 is 0 Å². The highest BCUT2D eigenvalue weighted by atomic mass is 32.2. The monoisotopic (exact) mass is 328 g/mol. The van der Waals surface area contributed by atoms with Gasteiger partial charge in [0.2, 0.25) is 15.9 Å². The molecule has 0 spiro atoms. The third-order valence-corrected chi connectivity index (χ3v) is 5.01. The molecular formula is C13H20N4O4S. The van der Waals surface area contributed by atoms with Crippen LogP contribution in [-0.2, 0) is 34.7 Å². The minimum absolute atomic E-state index is 0.109. The summed E-state index contributed by atoms with van der Waals surface area (Å²) in [6, 6.07) is 1.44. The lowest BCUT2D eigenvalue weighted by atomic mass is 9.92. The summed E-state index contributed by atoms with van der Waals surface area (Å²) in [4.78, 5) is 23.5. The van der Waals surface area contributed by atoms with E-state index in [4.69, 9.17) is 0 Å². The molecule has 0 radical (unpaired) electrons. The van der Waals surface area contributed by atoms with Crippen LogP contribution in [0.25, 0.3) is 0 Å². The minimum atomic E-state index is -3.38. The first-order chi connectivity index (χ1) is 10.2. The second-order valence-corrected chi connectivity index (χ2v) is 7.69. The normalized spacial score (nSPS) is 18.1. The number of sulfonamides is 1. The summed E-state index contributed by atoms with van der Waals surface area (Å²) in [6.07, 6.45) is 2.98. The predicted octanol–water partition coefficient (Wildman–Crippen LogP) is -1.35. The van der Waals surface area contributed by atoms with Crippen LogP contribution in [0.4, 0.5) is 0 Å². The van der Waals surface area contributed by atoms with E-state index in [0.717, 1.165) is 21.8 Å². The van der Waals surface area contributed by atoms with E-state index in [1.54, 1.807) is 13.1 Å². The van der Waals surface area contributed by atoms with Crippen molar-refractivity contribution in [1.82, 2.24) is 19.4 Å². The molecule has 1 aliphatic rings. The number of aryl methyl sites for hydroxylation is 2. The topological polar surface area (TPSA) is 101 Å². The molecule has 1 unspecified atom stereocenters.